The molecule has 2 aromatic carbocycles. The zero-order valence-corrected chi connectivity index (χ0v) is 19.7. The molecular weight excluding hydrogens is 446 g/mol. The standard InChI is InChI=1S/C23H25N3O4S2/c1-15-13-26(14-16(2)30-15)32(28,29)20-11-9-19(10-12-20)22(27)25-23-24-21(17(3)31-23)18-7-5-4-6-8-18/h4-12,15-16H,13-14H2,1-3H3,(H,24,25,27). The van der Waals surface area contributed by atoms with Gasteiger partial charge in [0.15, 0.2) is 5.13 Å². The van der Waals surface area contributed by atoms with Crippen molar-refractivity contribution in [1.29, 1.82) is 0 Å². The van der Waals surface area contributed by atoms with Crippen molar-refractivity contribution in [2.75, 3.05) is 18.4 Å². The molecule has 2 unspecified atom stereocenters. The van der Waals surface area contributed by atoms with E-state index in [9.17, 15) is 13.2 Å². The van der Waals surface area contributed by atoms with E-state index in [1.165, 1.54) is 39.9 Å². The molecule has 0 bridgehead atoms. The topological polar surface area (TPSA) is 88.6 Å². The van der Waals surface area contributed by atoms with Gasteiger partial charge in [0.2, 0.25) is 10.0 Å². The molecule has 3 aromatic rings. The summed E-state index contributed by atoms with van der Waals surface area (Å²) in [4.78, 5) is 18.4. The van der Waals surface area contributed by atoms with Crippen LogP contribution >= 0.6 is 11.3 Å². The fourth-order valence-electron chi connectivity index (χ4n) is 3.74. The fourth-order valence-corrected chi connectivity index (χ4v) is 6.16. The van der Waals surface area contributed by atoms with Crippen LogP contribution < -0.4 is 5.32 Å². The van der Waals surface area contributed by atoms with E-state index in [2.05, 4.69) is 10.3 Å². The highest BCUT2D eigenvalue weighted by Crippen LogP contribution is 2.30. The first-order valence-corrected chi connectivity index (χ1v) is 12.6. The maximum Gasteiger partial charge on any atom is 0.257 e. The molecule has 1 aliphatic rings. The maximum absolute atomic E-state index is 13.0. The molecule has 7 nitrogen and oxygen atoms in total. The van der Waals surface area contributed by atoms with Gasteiger partial charge in [0, 0.05) is 29.1 Å². The number of aryl methyl sites for hydroxylation is 1. The third-order valence-electron chi connectivity index (χ3n) is 5.20. The van der Waals surface area contributed by atoms with E-state index in [0.29, 0.717) is 23.8 Å². The summed E-state index contributed by atoms with van der Waals surface area (Å²) in [6, 6.07) is 15.8. The van der Waals surface area contributed by atoms with Gasteiger partial charge in [-0.25, -0.2) is 13.4 Å². The molecule has 4 rings (SSSR count). The smallest absolute Gasteiger partial charge is 0.257 e. The highest BCUT2D eigenvalue weighted by atomic mass is 32.2. The average Bonchev–Trinajstić information content (AvgIpc) is 3.13. The second-order valence-corrected chi connectivity index (χ2v) is 11.0. The van der Waals surface area contributed by atoms with Crippen LogP contribution in [0.4, 0.5) is 5.13 Å². The number of carbonyl (C=O) groups excluding carboxylic acids is 1. The number of nitrogens with one attached hydrogen (secondary N) is 1. The second kappa shape index (κ2) is 9.11. The molecule has 9 heteroatoms. The van der Waals surface area contributed by atoms with Gasteiger partial charge in [-0.1, -0.05) is 30.3 Å². The van der Waals surface area contributed by atoms with Gasteiger partial charge < -0.3 is 4.74 Å². The Morgan fingerprint density at radius 2 is 1.69 bits per heavy atom. The van der Waals surface area contributed by atoms with Crippen molar-refractivity contribution in [3.05, 3.63) is 65.0 Å². The third kappa shape index (κ3) is 4.75. The quantitative estimate of drug-likeness (QED) is 0.603. The summed E-state index contributed by atoms with van der Waals surface area (Å²) in [5, 5.41) is 3.31. The molecular formula is C23H25N3O4S2. The molecule has 1 aromatic heterocycles. The zero-order chi connectivity index (χ0) is 22.9. The molecule has 2 heterocycles. The Morgan fingerprint density at radius 1 is 1.06 bits per heavy atom. The summed E-state index contributed by atoms with van der Waals surface area (Å²) in [6.45, 7) is 6.29. The molecule has 1 amide bonds. The lowest BCUT2D eigenvalue weighted by Gasteiger charge is -2.34. The Balaban J connectivity index is 1.48. The van der Waals surface area contributed by atoms with Gasteiger partial charge in [0.25, 0.3) is 5.91 Å². The minimum Gasteiger partial charge on any atom is -0.373 e. The number of morpholine rings is 1. The number of rotatable bonds is 5. The summed E-state index contributed by atoms with van der Waals surface area (Å²) in [5.41, 5.74) is 2.19. The van der Waals surface area contributed by atoms with Gasteiger partial charge in [0.05, 0.1) is 22.8 Å². The molecule has 0 spiro atoms. The Labute approximate surface area is 192 Å². The summed E-state index contributed by atoms with van der Waals surface area (Å²) in [5.74, 6) is -0.337. The van der Waals surface area contributed by atoms with E-state index >= 15 is 0 Å². The molecule has 1 fully saturated rings. The molecule has 0 aliphatic carbocycles. The average molecular weight is 472 g/mol. The van der Waals surface area contributed by atoms with Gasteiger partial charge in [-0.2, -0.15) is 4.31 Å². The first kappa shape index (κ1) is 22.6. The van der Waals surface area contributed by atoms with Crippen molar-refractivity contribution in [2.24, 2.45) is 0 Å². The molecule has 0 radical (unpaired) electrons. The molecule has 32 heavy (non-hydrogen) atoms. The molecule has 168 valence electrons. The Hall–Kier alpha value is -2.59. The van der Waals surface area contributed by atoms with Crippen molar-refractivity contribution in [3.63, 3.8) is 0 Å². The number of ether oxygens (including phenoxy) is 1. The summed E-state index contributed by atoms with van der Waals surface area (Å²) < 4.78 is 33.0. The largest absolute Gasteiger partial charge is 0.373 e. The van der Waals surface area contributed by atoms with Gasteiger partial charge >= 0.3 is 0 Å². The van der Waals surface area contributed by atoms with Crippen LogP contribution in [0.3, 0.4) is 0 Å². The molecule has 0 saturated carbocycles. The van der Waals surface area contributed by atoms with Crippen molar-refractivity contribution >= 4 is 32.4 Å². The van der Waals surface area contributed by atoms with E-state index in [1.807, 2.05) is 51.1 Å². The van der Waals surface area contributed by atoms with Gasteiger partial charge in [0.1, 0.15) is 0 Å². The summed E-state index contributed by atoms with van der Waals surface area (Å²) >= 11 is 1.40. The first-order valence-electron chi connectivity index (χ1n) is 10.3. The van der Waals surface area contributed by atoms with E-state index in [-0.39, 0.29) is 23.0 Å². The molecule has 1 N–H and O–H groups in total. The number of thiazole rings is 1. The lowest BCUT2D eigenvalue weighted by Crippen LogP contribution is -2.48. The fraction of sp³-hybridized carbons (Fsp3) is 0.304. The number of amides is 1. The van der Waals surface area contributed by atoms with Crippen LogP contribution in [0.5, 0.6) is 0 Å². The van der Waals surface area contributed by atoms with Crippen molar-refractivity contribution in [1.82, 2.24) is 9.29 Å². The molecule has 2 atom stereocenters. The van der Waals surface area contributed by atoms with E-state index in [1.54, 1.807) is 0 Å². The van der Waals surface area contributed by atoms with Crippen molar-refractivity contribution in [2.45, 2.75) is 37.9 Å². The predicted octanol–water partition coefficient (Wildman–Crippen LogP) is 4.17. The predicted molar refractivity (Wildman–Crippen MR) is 125 cm³/mol. The van der Waals surface area contributed by atoms with Crippen molar-refractivity contribution < 1.29 is 17.9 Å². The highest BCUT2D eigenvalue weighted by molar-refractivity contribution is 7.89. The number of hydrogen-bond acceptors (Lipinski definition) is 6. The third-order valence-corrected chi connectivity index (χ3v) is 7.94. The lowest BCUT2D eigenvalue weighted by molar-refractivity contribution is -0.0440. The number of anilines is 1. The minimum absolute atomic E-state index is 0.159. The number of hydrogen-bond donors (Lipinski definition) is 1. The number of carbonyl (C=O) groups is 1. The number of aromatic nitrogens is 1. The van der Waals surface area contributed by atoms with Gasteiger partial charge in [-0.3, -0.25) is 10.1 Å². The first-order chi connectivity index (χ1) is 15.2. The lowest BCUT2D eigenvalue weighted by atomic mass is 10.1. The van der Waals surface area contributed by atoms with Crippen LogP contribution in [0.2, 0.25) is 0 Å². The van der Waals surface area contributed by atoms with Crippen LogP contribution in [-0.2, 0) is 14.8 Å². The number of sulfonamides is 1. The van der Waals surface area contributed by atoms with E-state index < -0.39 is 10.0 Å². The van der Waals surface area contributed by atoms with E-state index in [4.69, 9.17) is 4.74 Å². The van der Waals surface area contributed by atoms with Crippen LogP contribution in [0, 0.1) is 6.92 Å². The number of nitrogens with zero attached hydrogens (tertiary/aromatic N) is 2. The monoisotopic (exact) mass is 471 g/mol. The molecule has 1 saturated heterocycles. The van der Waals surface area contributed by atoms with Gasteiger partial charge in [-0.15, -0.1) is 11.3 Å². The Kier molecular flexibility index (Phi) is 6.43. The molecule has 1 aliphatic heterocycles. The Bertz CT molecular complexity index is 1200. The Morgan fingerprint density at radius 3 is 2.31 bits per heavy atom. The normalized spacial score (nSPS) is 19.6. The van der Waals surface area contributed by atoms with Crippen molar-refractivity contribution in [3.8, 4) is 11.3 Å². The zero-order valence-electron chi connectivity index (χ0n) is 18.1. The van der Waals surface area contributed by atoms with Crippen LogP contribution in [0.25, 0.3) is 11.3 Å². The summed E-state index contributed by atoms with van der Waals surface area (Å²) in [6.07, 6.45) is -0.331. The summed E-state index contributed by atoms with van der Waals surface area (Å²) in [7, 11) is -3.65. The SMILES string of the molecule is Cc1sc(NC(=O)c2ccc(S(=O)(=O)N3CC(C)OC(C)C3)cc2)nc1-c1ccccc1. The van der Waals surface area contributed by atoms with Gasteiger partial charge in [-0.05, 0) is 45.0 Å². The minimum atomic E-state index is -3.65. The van der Waals surface area contributed by atoms with E-state index in [0.717, 1.165) is 16.1 Å². The number of benzene rings is 2. The van der Waals surface area contributed by atoms with Crippen LogP contribution in [-0.4, -0.2) is 48.9 Å². The maximum atomic E-state index is 13.0. The van der Waals surface area contributed by atoms with Crippen LogP contribution in [0.1, 0.15) is 29.1 Å². The van der Waals surface area contributed by atoms with Crippen LogP contribution in [0.15, 0.2) is 59.5 Å². The highest BCUT2D eigenvalue weighted by Gasteiger charge is 2.32. The second-order valence-electron chi connectivity index (χ2n) is 7.85.